The molecular weight excluding hydrogens is 530 g/mol. The van der Waals surface area contributed by atoms with Crippen molar-refractivity contribution in [1.82, 2.24) is 0 Å². The normalized spacial score (nSPS) is 13.0. The molecule has 1 aliphatic heterocycles. The van der Waals surface area contributed by atoms with E-state index in [1.54, 1.807) is 28.1 Å². The number of sulfonamides is 1. The number of hydrogen-bond donors (Lipinski definition) is 1. The number of ether oxygens (including phenoxy) is 3. The lowest BCUT2D eigenvalue weighted by Gasteiger charge is -2.36. The molecule has 0 aromatic heterocycles. The van der Waals surface area contributed by atoms with Crippen molar-refractivity contribution in [2.24, 2.45) is 0 Å². The van der Waals surface area contributed by atoms with Crippen LogP contribution in [0.4, 0.5) is 5.69 Å². The van der Waals surface area contributed by atoms with Crippen molar-refractivity contribution >= 4 is 21.7 Å². The van der Waals surface area contributed by atoms with E-state index >= 15 is 0 Å². The number of aryl methyl sites for hydroxylation is 1. The van der Waals surface area contributed by atoms with Crippen LogP contribution in [0.15, 0.2) is 36.4 Å². The highest BCUT2D eigenvalue weighted by atomic mass is 32.2. The van der Waals surface area contributed by atoms with Gasteiger partial charge < -0.3 is 19.3 Å². The maximum Gasteiger partial charge on any atom is 0.310 e. The van der Waals surface area contributed by atoms with E-state index in [1.165, 1.54) is 10.6 Å². The highest BCUT2D eigenvalue weighted by Crippen LogP contribution is 2.51. The molecule has 4 rings (SSSR count). The number of hydrogen-bond acceptors (Lipinski definition) is 7. The largest absolute Gasteiger partial charge is 0.493 e. The molecule has 3 aromatic carbocycles. The van der Waals surface area contributed by atoms with E-state index in [0.717, 1.165) is 38.9 Å². The van der Waals surface area contributed by atoms with Crippen LogP contribution >= 0.6 is 0 Å². The van der Waals surface area contributed by atoms with Gasteiger partial charge in [0.25, 0.3) is 0 Å². The lowest BCUT2D eigenvalue weighted by atomic mass is 9.80. The summed E-state index contributed by atoms with van der Waals surface area (Å²) in [5, 5.41) is 10.1. The van der Waals surface area contributed by atoms with Crippen LogP contribution in [0.3, 0.4) is 0 Å². The van der Waals surface area contributed by atoms with Gasteiger partial charge in [0.15, 0.2) is 11.5 Å². The smallest absolute Gasteiger partial charge is 0.310 e. The average molecular weight is 568 g/mol. The Kier molecular flexibility index (Phi) is 7.93. The van der Waals surface area contributed by atoms with Crippen molar-refractivity contribution in [1.29, 1.82) is 0 Å². The van der Waals surface area contributed by atoms with Crippen LogP contribution in [0.5, 0.6) is 11.5 Å². The molecule has 0 bridgehead atoms. The van der Waals surface area contributed by atoms with Crippen LogP contribution in [0.25, 0.3) is 22.3 Å². The fourth-order valence-electron chi connectivity index (χ4n) is 5.27. The molecule has 0 unspecified atom stereocenters. The number of rotatable bonds is 8. The first-order valence-corrected chi connectivity index (χ1v) is 14.8. The van der Waals surface area contributed by atoms with Gasteiger partial charge in [0.2, 0.25) is 10.0 Å². The second-order valence-electron chi connectivity index (χ2n) is 11.0. The average Bonchev–Trinajstić information content (AvgIpc) is 2.88. The molecular formula is C31H37NO7S. The summed E-state index contributed by atoms with van der Waals surface area (Å²) < 4.78 is 44.3. The SMILES string of the molecule is COc1cc2c(cc1OC)-c1c(C)c(-c3ccc(C)cc3)c(CC(=O)OCC(C)(C)O)c(C)c1N(S(C)(=O)=O)C2. The molecule has 1 aliphatic rings. The first-order chi connectivity index (χ1) is 18.7. The lowest BCUT2D eigenvalue weighted by molar-refractivity contribution is -0.149. The number of carbonyl (C=O) groups excluding carboxylic acids is 1. The molecule has 40 heavy (non-hydrogen) atoms. The van der Waals surface area contributed by atoms with Gasteiger partial charge in [-0.25, -0.2) is 8.42 Å². The number of aliphatic hydroxyl groups is 1. The van der Waals surface area contributed by atoms with Gasteiger partial charge in [-0.05, 0) is 85.7 Å². The van der Waals surface area contributed by atoms with Crippen LogP contribution in [0.2, 0.25) is 0 Å². The molecule has 0 saturated heterocycles. The third kappa shape index (κ3) is 5.67. The van der Waals surface area contributed by atoms with Crippen molar-refractivity contribution in [2.45, 2.75) is 53.2 Å². The van der Waals surface area contributed by atoms with E-state index < -0.39 is 21.6 Å². The summed E-state index contributed by atoms with van der Waals surface area (Å²) >= 11 is 0. The number of methoxy groups -OCH3 is 2. The third-order valence-corrected chi connectivity index (χ3v) is 8.30. The Labute approximate surface area is 236 Å². The lowest BCUT2D eigenvalue weighted by Crippen LogP contribution is -2.34. The van der Waals surface area contributed by atoms with Crippen LogP contribution in [0.1, 0.15) is 41.7 Å². The molecule has 0 fully saturated rings. The number of nitrogens with zero attached hydrogens (tertiary/aromatic N) is 1. The van der Waals surface area contributed by atoms with Crippen molar-refractivity contribution in [2.75, 3.05) is 31.4 Å². The molecule has 8 nitrogen and oxygen atoms in total. The minimum absolute atomic E-state index is 0.0877. The van der Waals surface area contributed by atoms with Gasteiger partial charge in [0, 0.05) is 5.56 Å². The summed E-state index contributed by atoms with van der Waals surface area (Å²) in [6.07, 6.45) is 1.10. The van der Waals surface area contributed by atoms with Gasteiger partial charge in [-0.2, -0.15) is 0 Å². The summed E-state index contributed by atoms with van der Waals surface area (Å²) in [4.78, 5) is 13.1. The van der Waals surface area contributed by atoms with Crippen LogP contribution in [-0.2, 0) is 32.5 Å². The Hall–Kier alpha value is -3.56. The Bertz CT molecular complexity index is 1570. The number of carbonyl (C=O) groups is 1. The van der Waals surface area contributed by atoms with E-state index in [0.29, 0.717) is 28.3 Å². The summed E-state index contributed by atoms with van der Waals surface area (Å²) in [6, 6.07) is 11.7. The number of fused-ring (bicyclic) bond motifs is 3. The Balaban J connectivity index is 2.06. The summed E-state index contributed by atoms with van der Waals surface area (Å²) in [5.41, 5.74) is 6.75. The van der Waals surface area contributed by atoms with Gasteiger partial charge in [0.05, 0.1) is 44.7 Å². The topological polar surface area (TPSA) is 102 Å². The van der Waals surface area contributed by atoms with Crippen LogP contribution in [-0.4, -0.2) is 52.2 Å². The van der Waals surface area contributed by atoms with Crippen LogP contribution < -0.4 is 13.8 Å². The second kappa shape index (κ2) is 10.8. The van der Waals surface area contributed by atoms with E-state index in [2.05, 4.69) is 0 Å². The molecule has 0 saturated carbocycles. The maximum atomic E-state index is 13.2. The molecule has 9 heteroatoms. The molecule has 0 spiro atoms. The highest BCUT2D eigenvalue weighted by Gasteiger charge is 2.35. The van der Waals surface area contributed by atoms with Crippen molar-refractivity contribution in [3.8, 4) is 33.8 Å². The standard InChI is InChI=1S/C31H37NO7S/c1-18-9-11-21(12-10-18)28-20(3)29-24-14-26(38-7)25(37-6)13-22(24)16-32(40(8,35)36)30(29)19(2)23(28)15-27(33)39-17-31(4,5)34/h9-14,34H,15-17H2,1-8H3. The van der Waals surface area contributed by atoms with Gasteiger partial charge in [-0.1, -0.05) is 29.8 Å². The van der Waals surface area contributed by atoms with Gasteiger partial charge >= 0.3 is 5.97 Å². The maximum absolute atomic E-state index is 13.2. The zero-order valence-corrected chi connectivity index (χ0v) is 25.2. The molecule has 0 atom stereocenters. The predicted octanol–water partition coefficient (Wildman–Crippen LogP) is 5.10. The quantitative estimate of drug-likeness (QED) is 0.378. The third-order valence-electron chi connectivity index (χ3n) is 7.19. The Morgan fingerprint density at radius 2 is 1.57 bits per heavy atom. The molecule has 0 amide bonds. The Morgan fingerprint density at radius 3 is 2.12 bits per heavy atom. The summed E-state index contributed by atoms with van der Waals surface area (Å²) in [6.45, 7) is 8.88. The molecule has 214 valence electrons. The predicted molar refractivity (Wildman–Crippen MR) is 157 cm³/mol. The fraction of sp³-hybridized carbons (Fsp3) is 0.387. The zero-order valence-electron chi connectivity index (χ0n) is 24.3. The first-order valence-electron chi connectivity index (χ1n) is 13.0. The molecule has 0 radical (unpaired) electrons. The van der Waals surface area contributed by atoms with Gasteiger partial charge in [0.1, 0.15) is 6.61 Å². The highest BCUT2D eigenvalue weighted by molar-refractivity contribution is 7.92. The summed E-state index contributed by atoms with van der Waals surface area (Å²) in [5.74, 6) is 0.539. The summed E-state index contributed by atoms with van der Waals surface area (Å²) in [7, 11) is -0.593. The fourth-order valence-corrected chi connectivity index (χ4v) is 6.21. The van der Waals surface area contributed by atoms with Gasteiger partial charge in [-0.15, -0.1) is 0 Å². The number of esters is 1. The molecule has 1 N–H and O–H groups in total. The zero-order chi connectivity index (χ0) is 29.6. The second-order valence-corrected chi connectivity index (χ2v) is 12.9. The molecule has 0 aliphatic carbocycles. The van der Waals surface area contributed by atoms with Crippen molar-refractivity contribution in [3.05, 3.63) is 64.2 Å². The minimum atomic E-state index is -3.70. The van der Waals surface area contributed by atoms with Crippen molar-refractivity contribution in [3.63, 3.8) is 0 Å². The van der Waals surface area contributed by atoms with E-state index in [-0.39, 0.29) is 19.6 Å². The van der Waals surface area contributed by atoms with Gasteiger partial charge in [-0.3, -0.25) is 9.10 Å². The van der Waals surface area contributed by atoms with Crippen LogP contribution in [0, 0.1) is 20.8 Å². The van der Waals surface area contributed by atoms with E-state index in [9.17, 15) is 18.3 Å². The Morgan fingerprint density at radius 1 is 0.975 bits per heavy atom. The van der Waals surface area contributed by atoms with E-state index in [1.807, 2.05) is 57.2 Å². The van der Waals surface area contributed by atoms with Crippen molar-refractivity contribution < 1.29 is 32.5 Å². The minimum Gasteiger partial charge on any atom is -0.493 e. The monoisotopic (exact) mass is 567 g/mol. The van der Waals surface area contributed by atoms with E-state index in [4.69, 9.17) is 14.2 Å². The molecule has 3 aromatic rings. The first kappa shape index (κ1) is 29.4. The number of anilines is 1. The number of benzene rings is 3. The molecule has 1 heterocycles.